The van der Waals surface area contributed by atoms with E-state index in [-0.39, 0.29) is 37.5 Å². The van der Waals surface area contributed by atoms with Gasteiger partial charge in [0.15, 0.2) is 6.10 Å². The molecule has 0 radical (unpaired) electrons. The van der Waals surface area contributed by atoms with Gasteiger partial charge in [-0.2, -0.15) is 0 Å². The smallest absolute Gasteiger partial charge is 0.306 e. The number of unbranched alkanes of at least 4 members (excludes halogenated alkanes) is 28. The quantitative estimate of drug-likeness (QED) is 0.0261. The van der Waals surface area contributed by atoms with Gasteiger partial charge in [0, 0.05) is 19.3 Å². The molecule has 0 aliphatic carbocycles. The Bertz CT molecular complexity index is 1440. The Morgan fingerprint density at radius 2 is 0.562 bits per heavy atom. The molecule has 0 bridgehead atoms. The van der Waals surface area contributed by atoms with Crippen molar-refractivity contribution in [1.29, 1.82) is 0 Å². The van der Waals surface area contributed by atoms with Crippen molar-refractivity contribution >= 4 is 17.9 Å². The van der Waals surface area contributed by atoms with E-state index >= 15 is 0 Å². The molecule has 73 heavy (non-hydrogen) atoms. The Balaban J connectivity index is 4.48. The molecule has 0 heterocycles. The predicted molar refractivity (Wildman–Crippen MR) is 316 cm³/mol. The average Bonchev–Trinajstić information content (AvgIpc) is 3.39. The fraction of sp³-hybridized carbons (Fsp3) is 0.716. The van der Waals surface area contributed by atoms with Crippen molar-refractivity contribution in [2.24, 2.45) is 0 Å². The van der Waals surface area contributed by atoms with E-state index in [9.17, 15) is 14.4 Å². The number of hydrogen-bond acceptors (Lipinski definition) is 6. The van der Waals surface area contributed by atoms with E-state index in [0.29, 0.717) is 19.3 Å². The Hall–Kier alpha value is -3.67. The van der Waals surface area contributed by atoms with E-state index in [1.165, 1.54) is 154 Å². The van der Waals surface area contributed by atoms with Crippen molar-refractivity contribution in [2.45, 2.75) is 297 Å². The van der Waals surface area contributed by atoms with Gasteiger partial charge < -0.3 is 14.2 Å². The Morgan fingerprint density at radius 1 is 0.288 bits per heavy atom. The average molecular weight is 1020 g/mol. The molecule has 0 aromatic rings. The maximum absolute atomic E-state index is 12.9. The Labute approximate surface area is 451 Å². The lowest BCUT2D eigenvalue weighted by Gasteiger charge is -2.18. The van der Waals surface area contributed by atoms with Crippen LogP contribution in [-0.4, -0.2) is 37.2 Å². The zero-order chi connectivity index (χ0) is 52.9. The van der Waals surface area contributed by atoms with Gasteiger partial charge in [-0.15, -0.1) is 0 Å². The highest BCUT2D eigenvalue weighted by Crippen LogP contribution is 2.16. The monoisotopic (exact) mass is 1010 g/mol. The summed E-state index contributed by atoms with van der Waals surface area (Å²) in [5.41, 5.74) is 0. The third kappa shape index (κ3) is 59.1. The van der Waals surface area contributed by atoms with Crippen molar-refractivity contribution in [2.75, 3.05) is 13.2 Å². The number of hydrogen-bond donors (Lipinski definition) is 0. The number of allylic oxidation sites excluding steroid dienone is 16. The van der Waals surface area contributed by atoms with Crippen LogP contribution in [0.3, 0.4) is 0 Å². The van der Waals surface area contributed by atoms with Crippen LogP contribution in [0.15, 0.2) is 97.2 Å². The van der Waals surface area contributed by atoms with Crippen LogP contribution in [0.1, 0.15) is 290 Å². The van der Waals surface area contributed by atoms with E-state index in [1.54, 1.807) is 0 Å². The zero-order valence-electron chi connectivity index (χ0n) is 47.9. The Morgan fingerprint density at radius 3 is 0.945 bits per heavy atom. The molecule has 0 spiro atoms. The normalized spacial score (nSPS) is 12.8. The number of rotatable bonds is 55. The lowest BCUT2D eigenvalue weighted by molar-refractivity contribution is -0.166. The standard InChI is InChI=1S/C67H114O6/c1-4-7-10-13-16-19-22-25-28-31-33-36-39-42-45-48-51-54-57-60-66(69)72-63-64(62-71-65(68)59-56-53-50-47-44-41-38-35-30-27-24-21-18-15-12-9-6-3)73-67(70)61-58-55-52-49-46-43-40-37-34-32-29-26-23-20-17-14-11-8-5-2/h7,10,16,18-19,21,25,27-28,30,33,36,42,45,51,54,64H,4-6,8-9,11-15,17,20,22-24,26,29,31-32,34-35,37-41,43-44,46-50,52-53,55-63H2,1-3H3/b10-7-,19-16-,21-18-,28-25-,30-27-,36-33-,45-42-,54-51-/t64-/m1/s1. The Kier molecular flexibility index (Phi) is 57.8. The summed E-state index contributed by atoms with van der Waals surface area (Å²) in [6.45, 7) is 6.46. The number of carbonyl (C=O) groups excluding carboxylic acids is 3. The number of ether oxygens (including phenoxy) is 3. The summed E-state index contributed by atoms with van der Waals surface area (Å²) in [5, 5.41) is 0. The van der Waals surface area contributed by atoms with Gasteiger partial charge in [0.05, 0.1) is 0 Å². The van der Waals surface area contributed by atoms with Crippen LogP contribution in [0.4, 0.5) is 0 Å². The minimum atomic E-state index is -0.812. The van der Waals surface area contributed by atoms with Gasteiger partial charge in [-0.25, -0.2) is 0 Å². The summed E-state index contributed by atoms with van der Waals surface area (Å²) in [6.07, 6.45) is 81.3. The van der Waals surface area contributed by atoms with Crippen LogP contribution < -0.4 is 0 Å². The maximum atomic E-state index is 12.9. The maximum Gasteiger partial charge on any atom is 0.306 e. The summed E-state index contributed by atoms with van der Waals surface area (Å²) in [4.78, 5) is 38.2. The van der Waals surface area contributed by atoms with Gasteiger partial charge >= 0.3 is 17.9 Å². The number of carbonyl (C=O) groups is 3. The van der Waals surface area contributed by atoms with Crippen molar-refractivity contribution in [3.8, 4) is 0 Å². The van der Waals surface area contributed by atoms with Crippen molar-refractivity contribution in [1.82, 2.24) is 0 Å². The van der Waals surface area contributed by atoms with Gasteiger partial charge in [-0.3, -0.25) is 14.4 Å². The molecule has 6 heteroatoms. The summed E-state index contributed by atoms with van der Waals surface area (Å²) in [5.74, 6) is -0.988. The highest BCUT2D eigenvalue weighted by atomic mass is 16.6. The molecule has 0 N–H and O–H groups in total. The van der Waals surface area contributed by atoms with Crippen LogP contribution in [0.2, 0.25) is 0 Å². The molecule has 0 aromatic carbocycles. The molecule has 0 amide bonds. The largest absolute Gasteiger partial charge is 0.462 e. The molecule has 418 valence electrons. The highest BCUT2D eigenvalue weighted by Gasteiger charge is 2.19. The van der Waals surface area contributed by atoms with E-state index in [4.69, 9.17) is 14.2 Å². The third-order valence-corrected chi connectivity index (χ3v) is 13.1. The van der Waals surface area contributed by atoms with Gasteiger partial charge in [0.1, 0.15) is 13.2 Å². The molecule has 0 saturated carbocycles. The highest BCUT2D eigenvalue weighted by molar-refractivity contribution is 5.71. The second-order valence-electron chi connectivity index (χ2n) is 20.2. The lowest BCUT2D eigenvalue weighted by Crippen LogP contribution is -2.30. The molecular formula is C67H114O6. The van der Waals surface area contributed by atoms with Crippen molar-refractivity contribution < 1.29 is 28.6 Å². The van der Waals surface area contributed by atoms with Crippen molar-refractivity contribution in [3.05, 3.63) is 97.2 Å². The summed E-state index contributed by atoms with van der Waals surface area (Å²) < 4.78 is 16.8. The lowest BCUT2D eigenvalue weighted by atomic mass is 10.0. The van der Waals surface area contributed by atoms with Gasteiger partial charge in [-0.1, -0.05) is 279 Å². The molecule has 0 aliphatic rings. The van der Waals surface area contributed by atoms with E-state index < -0.39 is 6.10 Å². The fourth-order valence-electron chi connectivity index (χ4n) is 8.50. The minimum Gasteiger partial charge on any atom is -0.462 e. The first-order valence-corrected chi connectivity index (χ1v) is 30.7. The van der Waals surface area contributed by atoms with Crippen LogP contribution in [-0.2, 0) is 28.6 Å². The first-order valence-electron chi connectivity index (χ1n) is 30.7. The summed E-state index contributed by atoms with van der Waals surface area (Å²) >= 11 is 0. The van der Waals surface area contributed by atoms with Crippen LogP contribution >= 0.6 is 0 Å². The fourth-order valence-corrected chi connectivity index (χ4v) is 8.50. The van der Waals surface area contributed by atoms with Gasteiger partial charge in [0.2, 0.25) is 0 Å². The summed E-state index contributed by atoms with van der Waals surface area (Å²) in [7, 11) is 0. The zero-order valence-corrected chi connectivity index (χ0v) is 47.9. The molecule has 0 rings (SSSR count). The van der Waals surface area contributed by atoms with Crippen LogP contribution in [0.5, 0.6) is 0 Å². The van der Waals surface area contributed by atoms with Crippen LogP contribution in [0.25, 0.3) is 0 Å². The van der Waals surface area contributed by atoms with Crippen LogP contribution in [0, 0.1) is 0 Å². The molecule has 0 unspecified atom stereocenters. The van der Waals surface area contributed by atoms with Crippen molar-refractivity contribution in [3.63, 3.8) is 0 Å². The molecule has 0 aliphatic heterocycles. The number of esters is 3. The first kappa shape index (κ1) is 69.3. The molecule has 0 fully saturated rings. The molecule has 0 saturated heterocycles. The second kappa shape index (κ2) is 60.9. The molecular weight excluding hydrogens is 901 g/mol. The van der Waals surface area contributed by atoms with Gasteiger partial charge in [0.25, 0.3) is 0 Å². The molecule has 0 aromatic heterocycles. The van der Waals surface area contributed by atoms with E-state index in [2.05, 4.69) is 112 Å². The van der Waals surface area contributed by atoms with E-state index in [1.807, 2.05) is 6.08 Å². The topological polar surface area (TPSA) is 78.9 Å². The second-order valence-corrected chi connectivity index (χ2v) is 20.2. The van der Waals surface area contributed by atoms with E-state index in [0.717, 1.165) is 89.9 Å². The first-order chi connectivity index (χ1) is 36.0. The molecule has 1 atom stereocenters. The third-order valence-electron chi connectivity index (χ3n) is 13.1. The van der Waals surface area contributed by atoms with Gasteiger partial charge in [-0.05, 0) is 89.9 Å². The predicted octanol–water partition coefficient (Wildman–Crippen LogP) is 20.9. The minimum absolute atomic E-state index is 0.103. The SMILES string of the molecule is CC/C=C\C/C=C\C/C=C\C/C=C\C/C=C\C/C=C\CCC(=O)OC[C@@H](COC(=O)CCCCCCCCC/C=C\C/C=C\CCCCC)OC(=O)CCCCCCCCCCCCCCCCCCCCC. The molecule has 6 nitrogen and oxygen atoms in total. The summed E-state index contributed by atoms with van der Waals surface area (Å²) in [6, 6.07) is 0.